The molecule has 1 fully saturated rings. The highest BCUT2D eigenvalue weighted by atomic mass is 19.4. The number of hydrogen-bond acceptors (Lipinski definition) is 3. The number of hydrogen-bond donors (Lipinski definition) is 2. The van der Waals surface area contributed by atoms with Gasteiger partial charge in [-0.1, -0.05) is 0 Å². The summed E-state index contributed by atoms with van der Waals surface area (Å²) in [6.07, 6.45) is -5.68. The topological polar surface area (TPSA) is 104 Å². The molecule has 114 valence electrons. The third-order valence-corrected chi connectivity index (χ3v) is 3.21. The fourth-order valence-corrected chi connectivity index (χ4v) is 2.04. The summed E-state index contributed by atoms with van der Waals surface area (Å²) in [4.78, 5) is 35.0. The van der Waals surface area contributed by atoms with Gasteiger partial charge in [0.2, 0.25) is 5.91 Å². The van der Waals surface area contributed by atoms with Gasteiger partial charge in [0.15, 0.2) is 5.41 Å². The number of aliphatic carboxylic acids is 1. The monoisotopic (exact) mass is 297 g/mol. The van der Waals surface area contributed by atoms with Gasteiger partial charge in [0, 0.05) is 20.1 Å². The Kier molecular flexibility index (Phi) is 4.15. The Morgan fingerprint density at radius 3 is 2.30 bits per heavy atom. The minimum Gasteiger partial charge on any atom is -0.481 e. The van der Waals surface area contributed by atoms with E-state index in [0.717, 1.165) is 9.80 Å². The van der Waals surface area contributed by atoms with Crippen LogP contribution < -0.4 is 5.73 Å². The number of primary amides is 1. The Hall–Kier alpha value is -2.00. The van der Waals surface area contributed by atoms with Gasteiger partial charge >= 0.3 is 18.2 Å². The summed E-state index contributed by atoms with van der Waals surface area (Å²) in [5.74, 6) is -2.83. The fraction of sp³-hybridized carbons (Fsp3) is 0.700. The summed E-state index contributed by atoms with van der Waals surface area (Å²) in [7, 11) is 1.20. The highest BCUT2D eigenvalue weighted by molar-refractivity contribution is 5.84. The predicted octanol–water partition coefficient (Wildman–Crippen LogP) is -0.137. The molecule has 1 saturated heterocycles. The van der Waals surface area contributed by atoms with Crippen molar-refractivity contribution in [3.05, 3.63) is 0 Å². The van der Waals surface area contributed by atoms with E-state index in [1.54, 1.807) is 0 Å². The SMILES string of the molecule is CN(CC(N)=O)C(=O)N1CCC(C(=O)O)(C(F)(F)F)C1. The van der Waals surface area contributed by atoms with E-state index in [-0.39, 0.29) is 6.54 Å². The first kappa shape index (κ1) is 16.1. The maximum absolute atomic E-state index is 12.9. The molecule has 1 aliphatic rings. The van der Waals surface area contributed by atoms with Gasteiger partial charge < -0.3 is 20.6 Å². The number of nitrogens with two attached hydrogens (primary N) is 1. The van der Waals surface area contributed by atoms with Crippen molar-refractivity contribution in [3.8, 4) is 0 Å². The summed E-state index contributed by atoms with van der Waals surface area (Å²) in [5.41, 5.74) is 1.91. The van der Waals surface area contributed by atoms with Crippen LogP contribution in [0.2, 0.25) is 0 Å². The molecule has 0 spiro atoms. The van der Waals surface area contributed by atoms with Crippen molar-refractivity contribution in [3.63, 3.8) is 0 Å². The van der Waals surface area contributed by atoms with Crippen molar-refractivity contribution in [1.82, 2.24) is 9.80 Å². The van der Waals surface area contributed by atoms with Gasteiger partial charge in [0.05, 0.1) is 0 Å². The molecule has 0 radical (unpaired) electrons. The van der Waals surface area contributed by atoms with Crippen LogP contribution in [-0.4, -0.2) is 65.7 Å². The number of urea groups is 1. The van der Waals surface area contributed by atoms with Gasteiger partial charge in [-0.05, 0) is 6.42 Å². The molecule has 3 N–H and O–H groups in total. The van der Waals surface area contributed by atoms with Crippen LogP contribution in [-0.2, 0) is 9.59 Å². The lowest BCUT2D eigenvalue weighted by Crippen LogP contribution is -2.49. The van der Waals surface area contributed by atoms with Gasteiger partial charge in [0.25, 0.3) is 0 Å². The second-order valence-electron chi connectivity index (χ2n) is 4.66. The molecule has 7 nitrogen and oxygen atoms in total. The van der Waals surface area contributed by atoms with Gasteiger partial charge in [-0.25, -0.2) is 4.79 Å². The number of rotatable bonds is 3. The summed E-state index contributed by atoms with van der Waals surface area (Å²) in [6, 6.07) is -0.865. The normalized spacial score (nSPS) is 22.7. The van der Waals surface area contributed by atoms with Crippen molar-refractivity contribution < 1.29 is 32.7 Å². The van der Waals surface area contributed by atoms with E-state index in [4.69, 9.17) is 10.8 Å². The Morgan fingerprint density at radius 1 is 1.40 bits per heavy atom. The van der Waals surface area contributed by atoms with Crippen LogP contribution in [0.3, 0.4) is 0 Å². The highest BCUT2D eigenvalue weighted by Gasteiger charge is 2.64. The number of nitrogens with zero attached hydrogens (tertiary/aromatic N) is 2. The van der Waals surface area contributed by atoms with Crippen LogP contribution in [0.4, 0.5) is 18.0 Å². The van der Waals surface area contributed by atoms with Gasteiger partial charge in [-0.3, -0.25) is 9.59 Å². The molecule has 0 bridgehead atoms. The Labute approximate surface area is 112 Å². The predicted molar refractivity (Wildman–Crippen MR) is 59.5 cm³/mol. The number of carbonyl (C=O) groups excluding carboxylic acids is 2. The minimum absolute atomic E-state index is 0.353. The molecular weight excluding hydrogens is 283 g/mol. The molecule has 0 saturated carbocycles. The largest absolute Gasteiger partial charge is 0.481 e. The van der Waals surface area contributed by atoms with Crippen LogP contribution in [0, 0.1) is 5.41 Å². The van der Waals surface area contributed by atoms with Crippen LogP contribution >= 0.6 is 0 Å². The first-order chi connectivity index (χ1) is 9.01. The van der Waals surface area contributed by atoms with E-state index in [9.17, 15) is 27.6 Å². The zero-order valence-electron chi connectivity index (χ0n) is 10.6. The summed E-state index contributed by atoms with van der Waals surface area (Å²) in [5, 5.41) is 8.84. The van der Waals surface area contributed by atoms with Crippen LogP contribution in [0.5, 0.6) is 0 Å². The van der Waals surface area contributed by atoms with Crippen molar-refractivity contribution in [2.24, 2.45) is 11.1 Å². The maximum atomic E-state index is 12.9. The molecule has 1 heterocycles. The van der Waals surface area contributed by atoms with E-state index in [0.29, 0.717) is 0 Å². The molecular formula is C10H14F3N3O4. The molecule has 1 rings (SSSR count). The molecule has 0 aromatic carbocycles. The first-order valence-corrected chi connectivity index (χ1v) is 5.60. The number of carboxylic acids is 1. The molecule has 1 atom stereocenters. The maximum Gasteiger partial charge on any atom is 0.406 e. The second kappa shape index (κ2) is 5.17. The van der Waals surface area contributed by atoms with Crippen LogP contribution in [0.25, 0.3) is 0 Å². The van der Waals surface area contributed by atoms with E-state index in [1.165, 1.54) is 7.05 Å². The van der Waals surface area contributed by atoms with Crippen molar-refractivity contribution in [2.75, 3.05) is 26.7 Å². The Bertz CT molecular complexity index is 440. The number of likely N-dealkylation sites (N-methyl/N-ethyl adjacent to an activating group) is 1. The minimum atomic E-state index is -4.96. The van der Waals surface area contributed by atoms with Gasteiger partial charge in [-0.15, -0.1) is 0 Å². The molecule has 20 heavy (non-hydrogen) atoms. The second-order valence-corrected chi connectivity index (χ2v) is 4.66. The smallest absolute Gasteiger partial charge is 0.406 e. The standard InChI is InChI=1S/C10H14F3N3O4/c1-15(4-6(14)17)8(20)16-3-2-9(5-16,7(18)19)10(11,12)13/h2-5H2,1H3,(H2,14,17)(H,18,19). The quantitative estimate of drug-likeness (QED) is 0.756. The number of likely N-dealkylation sites (tertiary alicyclic amines) is 1. The number of carboxylic acid groups (broad SMARTS) is 1. The highest BCUT2D eigenvalue weighted by Crippen LogP contribution is 2.45. The van der Waals surface area contributed by atoms with E-state index >= 15 is 0 Å². The van der Waals surface area contributed by atoms with Crippen molar-refractivity contribution in [1.29, 1.82) is 0 Å². The fourth-order valence-electron chi connectivity index (χ4n) is 2.04. The number of alkyl halides is 3. The third-order valence-electron chi connectivity index (χ3n) is 3.21. The van der Waals surface area contributed by atoms with Crippen LogP contribution in [0.15, 0.2) is 0 Å². The average Bonchev–Trinajstić information content (AvgIpc) is 2.72. The summed E-state index contributed by atoms with van der Waals surface area (Å²) in [6.45, 7) is -1.79. The Balaban J connectivity index is 2.87. The molecule has 1 unspecified atom stereocenters. The van der Waals surface area contributed by atoms with Crippen LogP contribution in [0.1, 0.15) is 6.42 Å². The van der Waals surface area contributed by atoms with Crippen molar-refractivity contribution >= 4 is 17.9 Å². The van der Waals surface area contributed by atoms with Gasteiger partial charge in [-0.2, -0.15) is 13.2 Å². The molecule has 0 aliphatic carbocycles. The zero-order valence-corrected chi connectivity index (χ0v) is 10.6. The summed E-state index contributed by atoms with van der Waals surface area (Å²) >= 11 is 0. The molecule has 10 heteroatoms. The number of halogens is 3. The lowest BCUT2D eigenvalue weighted by atomic mass is 9.86. The zero-order chi connectivity index (χ0) is 15.7. The number of carbonyl (C=O) groups is 3. The summed E-state index contributed by atoms with van der Waals surface area (Å²) < 4.78 is 38.7. The molecule has 0 aromatic heterocycles. The van der Waals surface area contributed by atoms with Gasteiger partial charge in [0.1, 0.15) is 6.54 Å². The first-order valence-electron chi connectivity index (χ1n) is 5.60. The number of amides is 3. The van der Waals surface area contributed by atoms with E-state index in [1.807, 2.05) is 0 Å². The third kappa shape index (κ3) is 2.78. The average molecular weight is 297 g/mol. The van der Waals surface area contributed by atoms with E-state index in [2.05, 4.69) is 0 Å². The molecule has 3 amide bonds. The van der Waals surface area contributed by atoms with Crippen molar-refractivity contribution in [2.45, 2.75) is 12.6 Å². The lowest BCUT2D eigenvalue weighted by Gasteiger charge is -2.28. The Morgan fingerprint density at radius 2 is 1.95 bits per heavy atom. The van der Waals surface area contributed by atoms with E-state index < -0.39 is 49.0 Å². The molecule has 1 aliphatic heterocycles. The lowest BCUT2D eigenvalue weighted by molar-refractivity contribution is -0.227. The molecule has 0 aromatic rings.